The summed E-state index contributed by atoms with van der Waals surface area (Å²) in [6.07, 6.45) is 3.48. The number of fused-ring (bicyclic) bond motifs is 1. The van der Waals surface area contributed by atoms with Crippen LogP contribution in [0.15, 0.2) is 36.4 Å². The molecule has 3 heteroatoms. The van der Waals surface area contributed by atoms with E-state index < -0.39 is 0 Å². The second-order valence-corrected chi connectivity index (χ2v) is 6.00. The van der Waals surface area contributed by atoms with E-state index >= 15 is 0 Å². The van der Waals surface area contributed by atoms with Crippen molar-refractivity contribution in [2.75, 3.05) is 11.9 Å². The van der Waals surface area contributed by atoms with E-state index in [0.717, 1.165) is 35.4 Å². The van der Waals surface area contributed by atoms with Crippen LogP contribution in [0.3, 0.4) is 0 Å². The molecule has 1 amide bonds. The van der Waals surface area contributed by atoms with Crippen LogP contribution in [0.2, 0.25) is 0 Å². The number of rotatable bonds is 4. The third-order valence-corrected chi connectivity index (χ3v) is 3.95. The number of carbonyl (C=O) groups excluding carboxylic acids is 1. The van der Waals surface area contributed by atoms with E-state index in [1.54, 1.807) is 0 Å². The first-order valence-corrected chi connectivity index (χ1v) is 7.73. The number of benzene rings is 2. The predicted octanol–water partition coefficient (Wildman–Crippen LogP) is 3.81. The number of ether oxygens (including phenoxy) is 1. The Balaban J connectivity index is 1.58. The average Bonchev–Trinajstić information content (AvgIpc) is 2.91. The number of nitrogens with one attached hydrogen (secondary N) is 1. The molecule has 0 atom stereocenters. The summed E-state index contributed by atoms with van der Waals surface area (Å²) in [5, 5.41) is 2.88. The molecule has 3 rings (SSSR count). The van der Waals surface area contributed by atoms with Crippen LogP contribution in [0.25, 0.3) is 0 Å². The fourth-order valence-electron chi connectivity index (χ4n) is 3.03. The fourth-order valence-corrected chi connectivity index (χ4v) is 3.03. The Morgan fingerprint density at radius 3 is 2.55 bits per heavy atom. The van der Waals surface area contributed by atoms with E-state index in [2.05, 4.69) is 23.5 Å². The van der Waals surface area contributed by atoms with Gasteiger partial charge < -0.3 is 10.1 Å². The van der Waals surface area contributed by atoms with Gasteiger partial charge in [-0.3, -0.25) is 4.79 Å². The first-order chi connectivity index (χ1) is 10.6. The monoisotopic (exact) mass is 295 g/mol. The van der Waals surface area contributed by atoms with Gasteiger partial charge >= 0.3 is 0 Å². The summed E-state index contributed by atoms with van der Waals surface area (Å²) in [7, 11) is 0. The van der Waals surface area contributed by atoms with Crippen LogP contribution >= 0.6 is 0 Å². The topological polar surface area (TPSA) is 38.3 Å². The first kappa shape index (κ1) is 14.6. The molecule has 22 heavy (non-hydrogen) atoms. The van der Waals surface area contributed by atoms with E-state index in [-0.39, 0.29) is 12.5 Å². The highest BCUT2D eigenvalue weighted by atomic mass is 16.5. The molecule has 1 aliphatic carbocycles. The summed E-state index contributed by atoms with van der Waals surface area (Å²) in [5.41, 5.74) is 5.85. The lowest BCUT2D eigenvalue weighted by Crippen LogP contribution is -2.20. The van der Waals surface area contributed by atoms with Crippen LogP contribution in [0.4, 0.5) is 5.69 Å². The minimum Gasteiger partial charge on any atom is -0.484 e. The van der Waals surface area contributed by atoms with Crippen molar-refractivity contribution in [3.8, 4) is 5.75 Å². The van der Waals surface area contributed by atoms with E-state index in [0.29, 0.717) is 0 Å². The van der Waals surface area contributed by atoms with Gasteiger partial charge in [0.25, 0.3) is 5.91 Å². The standard InChI is InChI=1S/C19H21NO2/c1-13-8-14(2)10-17(9-13)20-19(21)12-22-18-7-6-15-4-3-5-16(15)11-18/h6-11H,3-5,12H2,1-2H3,(H,20,21). The molecule has 2 aromatic rings. The smallest absolute Gasteiger partial charge is 0.262 e. The Labute approximate surface area is 131 Å². The molecule has 0 aromatic heterocycles. The molecule has 3 nitrogen and oxygen atoms in total. The number of amides is 1. The number of hydrogen-bond donors (Lipinski definition) is 1. The quantitative estimate of drug-likeness (QED) is 0.931. The normalized spacial score (nSPS) is 12.8. The second-order valence-electron chi connectivity index (χ2n) is 6.00. The molecule has 0 fully saturated rings. The Morgan fingerprint density at radius 1 is 1.05 bits per heavy atom. The summed E-state index contributed by atoms with van der Waals surface area (Å²) in [6.45, 7) is 4.07. The van der Waals surface area contributed by atoms with E-state index in [1.165, 1.54) is 17.5 Å². The molecular formula is C19H21NO2. The molecule has 0 aliphatic heterocycles. The zero-order chi connectivity index (χ0) is 15.5. The summed E-state index contributed by atoms with van der Waals surface area (Å²) in [6, 6.07) is 12.1. The zero-order valence-corrected chi connectivity index (χ0v) is 13.1. The van der Waals surface area contributed by atoms with Crippen LogP contribution in [0.5, 0.6) is 5.75 Å². The Bertz CT molecular complexity index is 686. The van der Waals surface area contributed by atoms with Gasteiger partial charge in [0.15, 0.2) is 6.61 Å². The summed E-state index contributed by atoms with van der Waals surface area (Å²) < 4.78 is 5.61. The zero-order valence-electron chi connectivity index (χ0n) is 13.1. The van der Waals surface area contributed by atoms with Crippen molar-refractivity contribution >= 4 is 11.6 Å². The van der Waals surface area contributed by atoms with Crippen molar-refractivity contribution < 1.29 is 9.53 Å². The van der Waals surface area contributed by atoms with Gasteiger partial charge in [0.05, 0.1) is 0 Å². The van der Waals surface area contributed by atoms with Crippen LogP contribution in [0, 0.1) is 13.8 Å². The molecule has 0 heterocycles. The summed E-state index contributed by atoms with van der Waals surface area (Å²) >= 11 is 0. The van der Waals surface area contributed by atoms with Crippen LogP contribution in [-0.4, -0.2) is 12.5 Å². The largest absolute Gasteiger partial charge is 0.484 e. The molecule has 0 radical (unpaired) electrons. The highest BCUT2D eigenvalue weighted by Gasteiger charge is 2.12. The Kier molecular flexibility index (Phi) is 4.14. The Morgan fingerprint density at radius 2 is 1.77 bits per heavy atom. The summed E-state index contributed by atoms with van der Waals surface area (Å²) in [5.74, 6) is 0.640. The van der Waals surface area contributed by atoms with E-state index in [1.807, 2.05) is 32.0 Å². The maximum Gasteiger partial charge on any atom is 0.262 e. The molecule has 1 N–H and O–H groups in total. The molecule has 0 unspecified atom stereocenters. The van der Waals surface area contributed by atoms with Gasteiger partial charge in [0, 0.05) is 5.69 Å². The highest BCUT2D eigenvalue weighted by molar-refractivity contribution is 5.92. The molecule has 0 bridgehead atoms. The molecular weight excluding hydrogens is 274 g/mol. The van der Waals surface area contributed by atoms with Crippen molar-refractivity contribution in [3.63, 3.8) is 0 Å². The van der Waals surface area contributed by atoms with Gasteiger partial charge in [0.1, 0.15) is 5.75 Å². The van der Waals surface area contributed by atoms with Crippen molar-refractivity contribution in [2.45, 2.75) is 33.1 Å². The first-order valence-electron chi connectivity index (χ1n) is 7.73. The minimum atomic E-state index is -0.134. The van der Waals surface area contributed by atoms with Crippen LogP contribution < -0.4 is 10.1 Å². The number of anilines is 1. The van der Waals surface area contributed by atoms with E-state index in [9.17, 15) is 4.79 Å². The van der Waals surface area contributed by atoms with Gasteiger partial charge in [0.2, 0.25) is 0 Å². The number of hydrogen-bond acceptors (Lipinski definition) is 2. The van der Waals surface area contributed by atoms with Gasteiger partial charge in [-0.05, 0) is 79.6 Å². The lowest BCUT2D eigenvalue weighted by Gasteiger charge is -2.10. The Hall–Kier alpha value is -2.29. The van der Waals surface area contributed by atoms with Crippen molar-refractivity contribution in [2.24, 2.45) is 0 Å². The molecule has 0 saturated heterocycles. The minimum absolute atomic E-state index is 0.0335. The molecule has 2 aromatic carbocycles. The maximum atomic E-state index is 12.0. The molecule has 114 valence electrons. The van der Waals surface area contributed by atoms with E-state index in [4.69, 9.17) is 4.74 Å². The van der Waals surface area contributed by atoms with Crippen LogP contribution in [0.1, 0.15) is 28.7 Å². The highest BCUT2D eigenvalue weighted by Crippen LogP contribution is 2.26. The SMILES string of the molecule is Cc1cc(C)cc(NC(=O)COc2ccc3c(c2)CCC3)c1. The lowest BCUT2D eigenvalue weighted by atomic mass is 10.1. The second kappa shape index (κ2) is 6.22. The summed E-state index contributed by atoms with van der Waals surface area (Å²) in [4.78, 5) is 12.0. The van der Waals surface area contributed by atoms with Gasteiger partial charge in [-0.2, -0.15) is 0 Å². The maximum absolute atomic E-state index is 12.0. The van der Waals surface area contributed by atoms with Gasteiger partial charge in [-0.15, -0.1) is 0 Å². The third kappa shape index (κ3) is 3.48. The molecule has 0 spiro atoms. The van der Waals surface area contributed by atoms with Crippen LogP contribution in [-0.2, 0) is 17.6 Å². The number of carbonyl (C=O) groups is 1. The van der Waals surface area contributed by atoms with Crippen molar-refractivity contribution in [1.82, 2.24) is 0 Å². The molecule has 0 saturated carbocycles. The fraction of sp³-hybridized carbons (Fsp3) is 0.316. The predicted molar refractivity (Wildman–Crippen MR) is 88.5 cm³/mol. The average molecular weight is 295 g/mol. The third-order valence-electron chi connectivity index (χ3n) is 3.95. The van der Waals surface area contributed by atoms with Gasteiger partial charge in [-0.1, -0.05) is 12.1 Å². The molecule has 1 aliphatic rings. The number of aryl methyl sites for hydroxylation is 4. The van der Waals surface area contributed by atoms with Crippen molar-refractivity contribution in [3.05, 3.63) is 58.7 Å². The van der Waals surface area contributed by atoms with Gasteiger partial charge in [-0.25, -0.2) is 0 Å². The van der Waals surface area contributed by atoms with Crippen molar-refractivity contribution in [1.29, 1.82) is 0 Å². The lowest BCUT2D eigenvalue weighted by molar-refractivity contribution is -0.118.